The summed E-state index contributed by atoms with van der Waals surface area (Å²) < 4.78 is 10.3. The van der Waals surface area contributed by atoms with Crippen LogP contribution in [0.4, 0.5) is 5.69 Å². The van der Waals surface area contributed by atoms with E-state index in [4.69, 9.17) is 4.74 Å². The van der Waals surface area contributed by atoms with Crippen molar-refractivity contribution in [2.45, 2.75) is 19.3 Å². The number of esters is 1. The highest BCUT2D eigenvalue weighted by molar-refractivity contribution is 5.95. The summed E-state index contributed by atoms with van der Waals surface area (Å²) >= 11 is 0. The number of nitrogens with zero attached hydrogens (tertiary/aromatic N) is 1. The lowest BCUT2D eigenvalue weighted by atomic mass is 10.0. The van der Waals surface area contributed by atoms with Gasteiger partial charge in [-0.05, 0) is 42.2 Å². The molecule has 1 aliphatic rings. The summed E-state index contributed by atoms with van der Waals surface area (Å²) in [5.74, 6) is 0.269. The molecule has 0 spiro atoms. The largest absolute Gasteiger partial charge is 0.484 e. The number of hydrogen-bond donors (Lipinski definition) is 0. The second-order valence-corrected chi connectivity index (χ2v) is 5.96. The minimum atomic E-state index is -0.285. The molecule has 1 aliphatic heterocycles. The van der Waals surface area contributed by atoms with E-state index < -0.39 is 0 Å². The molecule has 25 heavy (non-hydrogen) atoms. The Bertz CT molecular complexity index is 755. The average Bonchev–Trinajstić information content (AvgIpc) is 2.66. The summed E-state index contributed by atoms with van der Waals surface area (Å²) in [6.45, 7) is 0.710. The van der Waals surface area contributed by atoms with E-state index in [1.165, 1.54) is 12.7 Å². The van der Waals surface area contributed by atoms with E-state index >= 15 is 0 Å². The standard InChI is InChI=1S/C20H21NO4/c1-24-20(23)13-15-8-10-17(11-9-15)25-14-19(22)21-12-4-6-16-5-2-3-7-18(16)21/h2-3,5,7-11H,4,6,12-14H2,1H3. The lowest BCUT2D eigenvalue weighted by Gasteiger charge is -2.29. The first-order valence-electron chi connectivity index (χ1n) is 8.34. The number of para-hydroxylation sites is 1. The van der Waals surface area contributed by atoms with E-state index in [0.717, 1.165) is 30.6 Å². The minimum absolute atomic E-state index is 0.00924. The summed E-state index contributed by atoms with van der Waals surface area (Å²) in [4.78, 5) is 25.6. The lowest BCUT2D eigenvalue weighted by Crippen LogP contribution is -2.38. The Labute approximate surface area is 147 Å². The molecule has 0 N–H and O–H groups in total. The van der Waals surface area contributed by atoms with E-state index in [1.807, 2.05) is 18.2 Å². The summed E-state index contributed by atoms with van der Waals surface area (Å²) in [6, 6.07) is 15.1. The molecule has 1 heterocycles. The number of hydrogen-bond acceptors (Lipinski definition) is 4. The van der Waals surface area contributed by atoms with Crippen LogP contribution in [0.2, 0.25) is 0 Å². The van der Waals surface area contributed by atoms with Gasteiger partial charge in [-0.1, -0.05) is 30.3 Å². The third-order valence-corrected chi connectivity index (χ3v) is 4.27. The fourth-order valence-electron chi connectivity index (χ4n) is 2.96. The quantitative estimate of drug-likeness (QED) is 0.786. The topological polar surface area (TPSA) is 55.8 Å². The number of ether oxygens (including phenoxy) is 2. The van der Waals surface area contributed by atoms with Gasteiger partial charge in [0.1, 0.15) is 5.75 Å². The molecule has 0 bridgehead atoms. The van der Waals surface area contributed by atoms with E-state index in [0.29, 0.717) is 5.75 Å². The van der Waals surface area contributed by atoms with Crippen LogP contribution in [0.25, 0.3) is 0 Å². The van der Waals surface area contributed by atoms with Gasteiger partial charge in [-0.2, -0.15) is 0 Å². The van der Waals surface area contributed by atoms with Gasteiger partial charge >= 0.3 is 5.97 Å². The number of anilines is 1. The van der Waals surface area contributed by atoms with Crippen molar-refractivity contribution in [2.75, 3.05) is 25.2 Å². The van der Waals surface area contributed by atoms with Crippen LogP contribution < -0.4 is 9.64 Å². The summed E-state index contributed by atoms with van der Waals surface area (Å²) in [7, 11) is 1.37. The molecule has 0 aromatic heterocycles. The molecule has 1 amide bonds. The molecular weight excluding hydrogens is 318 g/mol. The third kappa shape index (κ3) is 4.18. The van der Waals surface area contributed by atoms with Crippen LogP contribution in [0.1, 0.15) is 17.5 Å². The fourth-order valence-corrected chi connectivity index (χ4v) is 2.96. The summed E-state index contributed by atoms with van der Waals surface area (Å²) in [5.41, 5.74) is 3.03. The van der Waals surface area contributed by atoms with Crippen LogP contribution in [0.3, 0.4) is 0 Å². The van der Waals surface area contributed by atoms with Crippen molar-refractivity contribution >= 4 is 17.6 Å². The lowest BCUT2D eigenvalue weighted by molar-refractivity contribution is -0.139. The summed E-state index contributed by atoms with van der Waals surface area (Å²) in [6.07, 6.45) is 2.19. The molecule has 0 unspecified atom stereocenters. The highest BCUT2D eigenvalue weighted by atomic mass is 16.5. The number of benzene rings is 2. The van der Waals surface area contributed by atoms with Gasteiger partial charge in [-0.15, -0.1) is 0 Å². The molecule has 2 aromatic rings. The maximum atomic E-state index is 12.5. The SMILES string of the molecule is COC(=O)Cc1ccc(OCC(=O)N2CCCc3ccccc32)cc1. The Morgan fingerprint density at radius 2 is 1.84 bits per heavy atom. The van der Waals surface area contributed by atoms with Gasteiger partial charge in [0.2, 0.25) is 0 Å². The van der Waals surface area contributed by atoms with Crippen molar-refractivity contribution in [1.29, 1.82) is 0 Å². The zero-order chi connectivity index (χ0) is 17.6. The molecule has 3 rings (SSSR count). The first-order valence-corrected chi connectivity index (χ1v) is 8.34. The zero-order valence-electron chi connectivity index (χ0n) is 14.2. The van der Waals surface area contributed by atoms with Crippen molar-refractivity contribution < 1.29 is 19.1 Å². The second-order valence-electron chi connectivity index (χ2n) is 5.96. The summed E-state index contributed by atoms with van der Waals surface area (Å²) in [5, 5.41) is 0. The van der Waals surface area contributed by atoms with E-state index in [2.05, 4.69) is 10.8 Å². The van der Waals surface area contributed by atoms with Crippen LogP contribution in [-0.2, 0) is 27.2 Å². The number of rotatable bonds is 5. The van der Waals surface area contributed by atoms with Crippen LogP contribution >= 0.6 is 0 Å². The average molecular weight is 339 g/mol. The van der Waals surface area contributed by atoms with Crippen LogP contribution in [-0.4, -0.2) is 32.1 Å². The van der Waals surface area contributed by atoms with Gasteiger partial charge < -0.3 is 14.4 Å². The molecule has 0 saturated carbocycles. The third-order valence-electron chi connectivity index (χ3n) is 4.27. The van der Waals surface area contributed by atoms with E-state index in [1.54, 1.807) is 29.2 Å². The van der Waals surface area contributed by atoms with Gasteiger partial charge in [0.05, 0.1) is 13.5 Å². The van der Waals surface area contributed by atoms with Gasteiger partial charge in [0.15, 0.2) is 6.61 Å². The number of aryl methyl sites for hydroxylation is 1. The van der Waals surface area contributed by atoms with Gasteiger partial charge in [-0.3, -0.25) is 9.59 Å². The van der Waals surface area contributed by atoms with Gasteiger partial charge in [0, 0.05) is 12.2 Å². The Kier molecular flexibility index (Phi) is 5.33. The molecule has 0 atom stereocenters. The molecule has 5 nitrogen and oxygen atoms in total. The first-order chi connectivity index (χ1) is 12.2. The number of fused-ring (bicyclic) bond motifs is 1. The fraction of sp³-hybridized carbons (Fsp3) is 0.300. The van der Waals surface area contributed by atoms with Gasteiger partial charge in [-0.25, -0.2) is 0 Å². The van der Waals surface area contributed by atoms with Crippen LogP contribution in [0, 0.1) is 0 Å². The molecule has 0 fully saturated rings. The first kappa shape index (κ1) is 17.0. The highest BCUT2D eigenvalue weighted by Gasteiger charge is 2.22. The maximum Gasteiger partial charge on any atom is 0.309 e. The normalized spacial score (nSPS) is 13.1. The van der Waals surface area contributed by atoms with Crippen molar-refractivity contribution in [3.63, 3.8) is 0 Å². The molecule has 0 aliphatic carbocycles. The molecule has 0 radical (unpaired) electrons. The smallest absolute Gasteiger partial charge is 0.309 e. The Morgan fingerprint density at radius 1 is 1.08 bits per heavy atom. The zero-order valence-corrected chi connectivity index (χ0v) is 14.2. The van der Waals surface area contributed by atoms with Crippen molar-refractivity contribution in [3.05, 3.63) is 59.7 Å². The van der Waals surface area contributed by atoms with Crippen molar-refractivity contribution in [1.82, 2.24) is 0 Å². The van der Waals surface area contributed by atoms with Gasteiger partial charge in [0.25, 0.3) is 5.91 Å². The van der Waals surface area contributed by atoms with Crippen molar-refractivity contribution in [2.24, 2.45) is 0 Å². The van der Waals surface area contributed by atoms with Crippen LogP contribution in [0.15, 0.2) is 48.5 Å². The molecule has 2 aromatic carbocycles. The number of methoxy groups -OCH3 is 1. The minimum Gasteiger partial charge on any atom is -0.484 e. The number of carbonyl (C=O) groups excluding carboxylic acids is 2. The predicted molar refractivity (Wildman–Crippen MR) is 94.8 cm³/mol. The Hall–Kier alpha value is -2.82. The van der Waals surface area contributed by atoms with Crippen LogP contribution in [0.5, 0.6) is 5.75 Å². The number of carbonyl (C=O) groups is 2. The van der Waals surface area contributed by atoms with Crippen molar-refractivity contribution in [3.8, 4) is 5.75 Å². The van der Waals surface area contributed by atoms with E-state index in [-0.39, 0.29) is 24.9 Å². The monoisotopic (exact) mass is 339 g/mol. The highest BCUT2D eigenvalue weighted by Crippen LogP contribution is 2.26. The second kappa shape index (κ2) is 7.83. The molecule has 0 saturated heterocycles. The molecular formula is C20H21NO4. The maximum absolute atomic E-state index is 12.5. The number of amides is 1. The predicted octanol–water partition coefficient (Wildman–Crippen LogP) is 2.76. The van der Waals surface area contributed by atoms with E-state index in [9.17, 15) is 9.59 Å². The molecule has 5 heteroatoms. The Morgan fingerprint density at radius 3 is 2.60 bits per heavy atom. The molecule has 130 valence electrons. The Balaban J connectivity index is 1.59.